The van der Waals surface area contributed by atoms with E-state index in [0.29, 0.717) is 12.0 Å². The minimum absolute atomic E-state index is 0.0345. The predicted octanol–water partition coefficient (Wildman–Crippen LogP) is 4.86. The second-order valence-electron chi connectivity index (χ2n) is 6.58. The lowest BCUT2D eigenvalue weighted by Gasteiger charge is -2.33. The van der Waals surface area contributed by atoms with E-state index in [9.17, 15) is 18.3 Å². The quantitative estimate of drug-likeness (QED) is 0.743. The Kier molecular flexibility index (Phi) is 6.30. The van der Waals surface area contributed by atoms with Crippen molar-refractivity contribution < 1.29 is 18.3 Å². The summed E-state index contributed by atoms with van der Waals surface area (Å²) in [5.74, 6) is -1.97. The van der Waals surface area contributed by atoms with Crippen molar-refractivity contribution in [1.82, 2.24) is 0 Å². The highest BCUT2D eigenvalue weighted by Gasteiger charge is 2.28. The molecule has 0 aromatic heterocycles. The van der Waals surface area contributed by atoms with Crippen LogP contribution in [-0.2, 0) is 6.42 Å². The Bertz CT molecular complexity index is 481. The van der Waals surface area contributed by atoms with Gasteiger partial charge in [-0.2, -0.15) is 0 Å². The molecule has 1 saturated carbocycles. The highest BCUT2D eigenvalue weighted by Crippen LogP contribution is 2.37. The lowest BCUT2D eigenvalue weighted by molar-refractivity contribution is 0.128. The fourth-order valence-electron chi connectivity index (χ4n) is 3.78. The molecule has 1 aromatic rings. The summed E-state index contributed by atoms with van der Waals surface area (Å²) in [7, 11) is 0. The van der Waals surface area contributed by atoms with E-state index in [1.54, 1.807) is 0 Å². The van der Waals surface area contributed by atoms with Gasteiger partial charge in [-0.3, -0.25) is 0 Å². The van der Waals surface area contributed by atoms with Crippen molar-refractivity contribution in [2.45, 2.75) is 51.9 Å². The third kappa shape index (κ3) is 4.25. The molecule has 1 nitrogen and oxygen atoms in total. The number of aliphatic hydroxyl groups is 1. The first kappa shape index (κ1) is 17.3. The molecule has 1 aromatic carbocycles. The number of hydrogen-bond acceptors (Lipinski definition) is 1. The van der Waals surface area contributed by atoms with E-state index in [1.165, 1.54) is 12.8 Å². The Balaban J connectivity index is 2.01. The van der Waals surface area contributed by atoms with Crippen LogP contribution in [0.2, 0.25) is 0 Å². The first-order valence-corrected chi connectivity index (χ1v) is 8.29. The zero-order chi connectivity index (χ0) is 16.1. The van der Waals surface area contributed by atoms with Crippen molar-refractivity contribution in [1.29, 1.82) is 0 Å². The zero-order valence-electron chi connectivity index (χ0n) is 13.1. The Hall–Kier alpha value is -1.03. The van der Waals surface area contributed by atoms with Crippen molar-refractivity contribution >= 4 is 0 Å². The smallest absolute Gasteiger partial charge is 0.162 e. The molecule has 0 aliphatic heterocycles. The summed E-state index contributed by atoms with van der Waals surface area (Å²) < 4.78 is 40.4. The number of halogens is 3. The van der Waals surface area contributed by atoms with Gasteiger partial charge >= 0.3 is 0 Å². The fraction of sp³-hybridized carbons (Fsp3) is 0.667. The van der Waals surface area contributed by atoms with Gasteiger partial charge in [-0.15, -0.1) is 0 Å². The van der Waals surface area contributed by atoms with Gasteiger partial charge < -0.3 is 5.11 Å². The molecule has 1 N–H and O–H groups in total. The molecule has 1 aliphatic rings. The van der Waals surface area contributed by atoms with Crippen molar-refractivity contribution in [2.24, 2.45) is 17.8 Å². The van der Waals surface area contributed by atoms with Gasteiger partial charge in [0, 0.05) is 12.7 Å². The van der Waals surface area contributed by atoms with Crippen LogP contribution in [0, 0.1) is 35.2 Å². The molecule has 1 unspecified atom stereocenters. The third-order valence-corrected chi connectivity index (χ3v) is 5.04. The molecule has 1 fully saturated rings. The van der Waals surface area contributed by atoms with Crippen LogP contribution in [0.25, 0.3) is 0 Å². The van der Waals surface area contributed by atoms with Crippen LogP contribution in [0.1, 0.15) is 51.0 Å². The molecule has 1 atom stereocenters. The van der Waals surface area contributed by atoms with Gasteiger partial charge in [0.15, 0.2) is 11.6 Å². The normalized spacial score (nSPS) is 23.5. The monoisotopic (exact) mass is 314 g/mol. The zero-order valence-corrected chi connectivity index (χ0v) is 13.1. The summed E-state index contributed by atoms with van der Waals surface area (Å²) in [6.07, 6.45) is 6.90. The lowest BCUT2D eigenvalue weighted by atomic mass is 9.73. The van der Waals surface area contributed by atoms with Crippen molar-refractivity contribution in [3.05, 3.63) is 35.1 Å². The van der Waals surface area contributed by atoms with Crippen LogP contribution in [0.3, 0.4) is 0 Å². The molecule has 1 aliphatic carbocycles. The molecule has 0 radical (unpaired) electrons. The number of rotatable bonds is 6. The summed E-state index contributed by atoms with van der Waals surface area (Å²) >= 11 is 0. The largest absolute Gasteiger partial charge is 0.396 e. The molecule has 0 spiro atoms. The number of hydrogen-bond donors (Lipinski definition) is 1. The van der Waals surface area contributed by atoms with Crippen LogP contribution in [0.5, 0.6) is 0 Å². The molecule has 2 rings (SSSR count). The van der Waals surface area contributed by atoms with E-state index < -0.39 is 17.5 Å². The van der Waals surface area contributed by atoms with Gasteiger partial charge in [-0.25, -0.2) is 13.2 Å². The molecular formula is C18H25F3O. The number of aliphatic hydroxyl groups excluding tert-OH is 1. The van der Waals surface area contributed by atoms with E-state index in [0.717, 1.165) is 37.7 Å². The van der Waals surface area contributed by atoms with E-state index in [2.05, 4.69) is 6.92 Å². The minimum Gasteiger partial charge on any atom is -0.396 e. The molecule has 0 saturated heterocycles. The van der Waals surface area contributed by atoms with Crippen LogP contribution < -0.4 is 0 Å². The molecule has 0 heterocycles. The van der Waals surface area contributed by atoms with Gasteiger partial charge in [0.05, 0.1) is 0 Å². The van der Waals surface area contributed by atoms with Crippen LogP contribution in [-0.4, -0.2) is 11.7 Å². The Labute approximate surface area is 130 Å². The van der Waals surface area contributed by atoms with E-state index in [1.807, 2.05) is 0 Å². The molecular weight excluding hydrogens is 289 g/mol. The molecule has 0 bridgehead atoms. The summed E-state index contributed by atoms with van der Waals surface area (Å²) in [5, 5.41) is 9.63. The Morgan fingerprint density at radius 1 is 1.14 bits per heavy atom. The summed E-state index contributed by atoms with van der Waals surface area (Å²) in [6.45, 7) is 2.12. The second-order valence-corrected chi connectivity index (χ2v) is 6.58. The topological polar surface area (TPSA) is 20.2 Å². The average Bonchev–Trinajstić information content (AvgIpc) is 2.50. The Morgan fingerprint density at radius 2 is 1.82 bits per heavy atom. The highest BCUT2D eigenvalue weighted by molar-refractivity contribution is 5.21. The van der Waals surface area contributed by atoms with Gasteiger partial charge in [0.1, 0.15) is 5.82 Å². The fourth-order valence-corrected chi connectivity index (χ4v) is 3.78. The van der Waals surface area contributed by atoms with Gasteiger partial charge in [0.2, 0.25) is 0 Å². The maximum Gasteiger partial charge on any atom is 0.162 e. The van der Waals surface area contributed by atoms with Crippen molar-refractivity contribution in [2.75, 3.05) is 6.61 Å². The van der Waals surface area contributed by atoms with Gasteiger partial charge in [-0.05, 0) is 48.6 Å². The maximum absolute atomic E-state index is 13.8. The SMILES string of the molecule is CCCC1CCC(C(CO)Cc2cc(F)cc(F)c2F)CC1. The van der Waals surface area contributed by atoms with E-state index in [4.69, 9.17) is 0 Å². The van der Waals surface area contributed by atoms with Crippen LogP contribution in [0.4, 0.5) is 13.2 Å². The lowest BCUT2D eigenvalue weighted by Crippen LogP contribution is -2.26. The second kappa shape index (κ2) is 8.00. The maximum atomic E-state index is 13.8. The molecule has 22 heavy (non-hydrogen) atoms. The highest BCUT2D eigenvalue weighted by atomic mass is 19.2. The Morgan fingerprint density at radius 3 is 2.41 bits per heavy atom. The molecule has 0 amide bonds. The average molecular weight is 314 g/mol. The summed E-state index contributed by atoms with van der Waals surface area (Å²) in [6, 6.07) is 1.60. The number of benzene rings is 1. The molecule has 124 valence electrons. The standard InChI is InChI=1S/C18H25F3O/c1-2-3-12-4-6-13(7-5-12)15(11-22)8-14-9-16(19)10-17(20)18(14)21/h9-10,12-13,15,22H,2-8,11H2,1H3. The van der Waals surface area contributed by atoms with Gasteiger partial charge in [-0.1, -0.05) is 32.6 Å². The van der Waals surface area contributed by atoms with Crippen molar-refractivity contribution in [3.63, 3.8) is 0 Å². The van der Waals surface area contributed by atoms with Gasteiger partial charge in [0.25, 0.3) is 0 Å². The van der Waals surface area contributed by atoms with Crippen LogP contribution >= 0.6 is 0 Å². The molecule has 4 heteroatoms. The van der Waals surface area contributed by atoms with E-state index in [-0.39, 0.29) is 24.5 Å². The first-order chi connectivity index (χ1) is 10.5. The minimum atomic E-state index is -1.15. The summed E-state index contributed by atoms with van der Waals surface area (Å²) in [5.41, 5.74) is 0.0345. The van der Waals surface area contributed by atoms with E-state index >= 15 is 0 Å². The first-order valence-electron chi connectivity index (χ1n) is 8.29. The van der Waals surface area contributed by atoms with Crippen molar-refractivity contribution in [3.8, 4) is 0 Å². The third-order valence-electron chi connectivity index (χ3n) is 5.04. The summed E-state index contributed by atoms with van der Waals surface area (Å²) in [4.78, 5) is 0. The predicted molar refractivity (Wildman–Crippen MR) is 81.0 cm³/mol. The van der Waals surface area contributed by atoms with Crippen LogP contribution in [0.15, 0.2) is 12.1 Å².